The molecule has 0 saturated carbocycles. The van der Waals surface area contributed by atoms with Crippen LogP contribution in [0.4, 0.5) is 11.5 Å². The van der Waals surface area contributed by atoms with Gasteiger partial charge in [0, 0.05) is 25.3 Å². The van der Waals surface area contributed by atoms with Crippen molar-refractivity contribution in [2.75, 3.05) is 25.1 Å². The van der Waals surface area contributed by atoms with Crippen LogP contribution < -0.4 is 11.1 Å². The van der Waals surface area contributed by atoms with Crippen LogP contribution in [0.1, 0.15) is 20.8 Å². The van der Waals surface area contributed by atoms with Crippen molar-refractivity contribution in [2.45, 2.75) is 0 Å². The normalized spacial score (nSPS) is 10.1. The molecule has 0 aliphatic carbocycles. The summed E-state index contributed by atoms with van der Waals surface area (Å²) in [4.78, 5) is 25.1. The van der Waals surface area contributed by atoms with Crippen LogP contribution in [-0.4, -0.2) is 41.1 Å². The average molecular weight is 275 g/mol. The summed E-state index contributed by atoms with van der Waals surface area (Å²) in [6, 6.07) is 6.53. The van der Waals surface area contributed by atoms with Gasteiger partial charge in [-0.1, -0.05) is 6.07 Å². The van der Waals surface area contributed by atoms with Crippen LogP contribution in [0.2, 0.25) is 0 Å². The van der Waals surface area contributed by atoms with Crippen molar-refractivity contribution in [3.05, 3.63) is 35.5 Å². The molecule has 2 amide bonds. The lowest BCUT2D eigenvalue weighted by atomic mass is 10.2. The molecular weight excluding hydrogens is 262 g/mol. The van der Waals surface area contributed by atoms with Gasteiger partial charge in [-0.05, 0) is 28.5 Å². The summed E-state index contributed by atoms with van der Waals surface area (Å²) in [5.41, 5.74) is 6.23. The number of carbonyl (C=O) groups is 2. The van der Waals surface area contributed by atoms with E-state index in [-0.39, 0.29) is 17.4 Å². The third-order valence-electron chi connectivity index (χ3n) is 2.50. The first-order valence-electron chi connectivity index (χ1n) is 5.70. The van der Waals surface area contributed by atoms with E-state index in [2.05, 4.69) is 20.3 Å². The summed E-state index contributed by atoms with van der Waals surface area (Å²) >= 11 is 0. The summed E-state index contributed by atoms with van der Waals surface area (Å²) < 4.78 is 4.35. The molecule has 0 bridgehead atoms. The molecular formula is C12H13N5O3. The molecule has 0 fully saturated rings. The average Bonchev–Trinajstić information content (AvgIpc) is 2.84. The van der Waals surface area contributed by atoms with Crippen molar-refractivity contribution >= 4 is 23.3 Å². The standard InChI is InChI=1S/C12H13N5O3/c1-17(2)12(19)7-4-3-5-8(6-7)14-11(18)9-10(13)16-20-15-9/h3-6H,1-2H3,(H2,13,16)(H,14,18). The third-order valence-corrected chi connectivity index (χ3v) is 2.50. The summed E-state index contributed by atoms with van der Waals surface area (Å²) in [7, 11) is 3.30. The highest BCUT2D eigenvalue weighted by Crippen LogP contribution is 2.14. The van der Waals surface area contributed by atoms with Crippen molar-refractivity contribution < 1.29 is 14.2 Å². The number of amides is 2. The fraction of sp³-hybridized carbons (Fsp3) is 0.167. The summed E-state index contributed by atoms with van der Waals surface area (Å²) in [5, 5.41) is 9.28. The maximum absolute atomic E-state index is 11.9. The minimum atomic E-state index is -0.557. The van der Waals surface area contributed by atoms with E-state index in [1.165, 1.54) is 4.90 Å². The quantitative estimate of drug-likeness (QED) is 0.848. The Balaban J connectivity index is 2.18. The van der Waals surface area contributed by atoms with Crippen LogP contribution in [0.3, 0.4) is 0 Å². The van der Waals surface area contributed by atoms with Gasteiger partial charge in [0.15, 0.2) is 0 Å². The van der Waals surface area contributed by atoms with Crippen molar-refractivity contribution in [1.82, 2.24) is 15.2 Å². The van der Waals surface area contributed by atoms with E-state index in [0.29, 0.717) is 11.3 Å². The van der Waals surface area contributed by atoms with Gasteiger partial charge in [-0.15, -0.1) is 0 Å². The molecule has 0 saturated heterocycles. The number of carbonyl (C=O) groups excluding carboxylic acids is 2. The second kappa shape index (κ2) is 5.39. The lowest BCUT2D eigenvalue weighted by Crippen LogP contribution is -2.22. The predicted molar refractivity (Wildman–Crippen MR) is 71.1 cm³/mol. The van der Waals surface area contributed by atoms with Crippen molar-refractivity contribution in [2.24, 2.45) is 0 Å². The lowest BCUT2D eigenvalue weighted by Gasteiger charge is -2.11. The highest BCUT2D eigenvalue weighted by Gasteiger charge is 2.16. The van der Waals surface area contributed by atoms with Gasteiger partial charge in [-0.25, -0.2) is 4.63 Å². The Labute approximate surface area is 114 Å². The first kappa shape index (κ1) is 13.5. The van der Waals surface area contributed by atoms with Gasteiger partial charge in [0.2, 0.25) is 11.5 Å². The van der Waals surface area contributed by atoms with Gasteiger partial charge in [0.1, 0.15) is 0 Å². The number of benzene rings is 1. The largest absolute Gasteiger partial charge is 0.379 e. The number of nitrogens with one attached hydrogen (secondary N) is 1. The Morgan fingerprint density at radius 3 is 2.65 bits per heavy atom. The number of nitrogen functional groups attached to an aromatic ring is 1. The molecule has 8 nitrogen and oxygen atoms in total. The number of aromatic nitrogens is 2. The number of hydrogen-bond acceptors (Lipinski definition) is 6. The number of nitrogens with two attached hydrogens (primary N) is 1. The molecule has 1 aromatic heterocycles. The molecule has 2 rings (SSSR count). The fourth-order valence-electron chi connectivity index (χ4n) is 1.53. The predicted octanol–water partition coefficient (Wildman–Crippen LogP) is 0.606. The molecule has 1 aromatic carbocycles. The molecule has 0 radical (unpaired) electrons. The zero-order chi connectivity index (χ0) is 14.7. The second-order valence-corrected chi connectivity index (χ2v) is 4.23. The fourth-order valence-corrected chi connectivity index (χ4v) is 1.53. The zero-order valence-corrected chi connectivity index (χ0v) is 11.0. The highest BCUT2D eigenvalue weighted by atomic mass is 16.6. The van der Waals surface area contributed by atoms with Crippen molar-refractivity contribution in [1.29, 1.82) is 0 Å². The van der Waals surface area contributed by atoms with E-state index in [1.807, 2.05) is 0 Å². The Morgan fingerprint density at radius 1 is 1.30 bits per heavy atom. The summed E-state index contributed by atoms with van der Waals surface area (Å²) in [6.45, 7) is 0. The minimum absolute atomic E-state index is 0.0944. The van der Waals surface area contributed by atoms with Crippen LogP contribution in [-0.2, 0) is 0 Å². The molecule has 1 heterocycles. The first-order chi connectivity index (χ1) is 9.49. The molecule has 0 unspecified atom stereocenters. The Bertz CT molecular complexity index is 650. The zero-order valence-electron chi connectivity index (χ0n) is 11.0. The lowest BCUT2D eigenvalue weighted by molar-refractivity contribution is 0.0827. The smallest absolute Gasteiger partial charge is 0.281 e. The van der Waals surface area contributed by atoms with Gasteiger partial charge in [-0.2, -0.15) is 0 Å². The van der Waals surface area contributed by atoms with E-state index in [4.69, 9.17) is 5.73 Å². The van der Waals surface area contributed by atoms with E-state index >= 15 is 0 Å². The first-order valence-corrected chi connectivity index (χ1v) is 5.70. The molecule has 0 atom stereocenters. The minimum Gasteiger partial charge on any atom is -0.379 e. The van der Waals surface area contributed by atoms with Crippen LogP contribution in [0, 0.1) is 0 Å². The number of nitrogens with zero attached hydrogens (tertiary/aromatic N) is 3. The van der Waals surface area contributed by atoms with Gasteiger partial charge >= 0.3 is 0 Å². The topological polar surface area (TPSA) is 114 Å². The Kier molecular flexibility index (Phi) is 3.65. The Hall–Kier alpha value is -2.90. The molecule has 3 N–H and O–H groups in total. The monoisotopic (exact) mass is 275 g/mol. The molecule has 2 aromatic rings. The van der Waals surface area contributed by atoms with Crippen LogP contribution >= 0.6 is 0 Å². The maximum Gasteiger partial charge on any atom is 0.281 e. The molecule has 20 heavy (non-hydrogen) atoms. The Morgan fingerprint density at radius 2 is 2.05 bits per heavy atom. The van der Waals surface area contributed by atoms with Crippen LogP contribution in [0.15, 0.2) is 28.9 Å². The summed E-state index contributed by atoms with van der Waals surface area (Å²) in [6.07, 6.45) is 0. The van der Waals surface area contributed by atoms with Crippen molar-refractivity contribution in [3.63, 3.8) is 0 Å². The molecule has 104 valence electrons. The van der Waals surface area contributed by atoms with Crippen LogP contribution in [0.5, 0.6) is 0 Å². The molecule has 8 heteroatoms. The third kappa shape index (κ3) is 2.74. The number of hydrogen-bond donors (Lipinski definition) is 2. The van der Waals surface area contributed by atoms with E-state index < -0.39 is 5.91 Å². The van der Waals surface area contributed by atoms with Gasteiger partial charge in [0.05, 0.1) is 0 Å². The molecule has 0 aliphatic rings. The van der Waals surface area contributed by atoms with E-state index in [1.54, 1.807) is 38.4 Å². The van der Waals surface area contributed by atoms with Gasteiger partial charge in [0.25, 0.3) is 11.8 Å². The van der Waals surface area contributed by atoms with Crippen LogP contribution in [0.25, 0.3) is 0 Å². The second-order valence-electron chi connectivity index (χ2n) is 4.23. The number of anilines is 2. The summed E-state index contributed by atoms with van der Waals surface area (Å²) in [5.74, 6) is -0.815. The van der Waals surface area contributed by atoms with E-state index in [9.17, 15) is 9.59 Å². The molecule has 0 aliphatic heterocycles. The van der Waals surface area contributed by atoms with Gasteiger partial charge < -0.3 is 16.0 Å². The maximum atomic E-state index is 11.9. The van der Waals surface area contributed by atoms with E-state index in [0.717, 1.165) is 0 Å². The van der Waals surface area contributed by atoms with Gasteiger partial charge in [-0.3, -0.25) is 9.59 Å². The molecule has 0 spiro atoms. The highest BCUT2D eigenvalue weighted by molar-refractivity contribution is 6.06. The number of rotatable bonds is 3. The van der Waals surface area contributed by atoms with Crippen molar-refractivity contribution in [3.8, 4) is 0 Å². The SMILES string of the molecule is CN(C)C(=O)c1cccc(NC(=O)c2nonc2N)c1.